The van der Waals surface area contributed by atoms with Crippen LogP contribution in [0.15, 0.2) is 0 Å². The topological polar surface area (TPSA) is 29.1 Å². The minimum absolute atomic E-state index is 0.270. The summed E-state index contributed by atoms with van der Waals surface area (Å²) in [4.78, 5) is 11.6. The molecule has 1 fully saturated rings. The third-order valence-electron chi connectivity index (χ3n) is 3.86. The number of hydrogen-bond acceptors (Lipinski definition) is 1. The van der Waals surface area contributed by atoms with Crippen molar-refractivity contribution in [2.24, 2.45) is 5.92 Å². The molecule has 2 heteroatoms. The SMILES string of the molecule is CCCCCCNC(=O)CCC1CCCCC1. The van der Waals surface area contributed by atoms with Crippen LogP contribution in [-0.4, -0.2) is 12.5 Å². The molecule has 1 aliphatic carbocycles. The minimum Gasteiger partial charge on any atom is -0.356 e. The van der Waals surface area contributed by atoms with Crippen molar-refractivity contribution < 1.29 is 4.79 Å². The zero-order chi connectivity index (χ0) is 12.3. The fourth-order valence-electron chi connectivity index (χ4n) is 2.68. The molecule has 2 nitrogen and oxygen atoms in total. The van der Waals surface area contributed by atoms with Gasteiger partial charge in [-0.1, -0.05) is 58.3 Å². The lowest BCUT2D eigenvalue weighted by molar-refractivity contribution is -0.121. The first kappa shape index (κ1) is 14.5. The van der Waals surface area contributed by atoms with Crippen LogP contribution in [0.5, 0.6) is 0 Å². The quantitative estimate of drug-likeness (QED) is 0.636. The van der Waals surface area contributed by atoms with Crippen molar-refractivity contribution in [2.75, 3.05) is 6.54 Å². The Bertz CT molecular complexity index is 197. The van der Waals surface area contributed by atoms with Crippen molar-refractivity contribution >= 4 is 5.91 Å². The lowest BCUT2D eigenvalue weighted by atomic mass is 9.86. The summed E-state index contributed by atoms with van der Waals surface area (Å²) in [5.41, 5.74) is 0. The number of nitrogens with one attached hydrogen (secondary N) is 1. The lowest BCUT2D eigenvalue weighted by Gasteiger charge is -2.20. The number of carbonyl (C=O) groups excluding carboxylic acids is 1. The number of hydrogen-bond donors (Lipinski definition) is 1. The van der Waals surface area contributed by atoms with Gasteiger partial charge in [-0.25, -0.2) is 0 Å². The molecule has 100 valence electrons. The van der Waals surface area contributed by atoms with Crippen molar-refractivity contribution in [1.29, 1.82) is 0 Å². The fraction of sp³-hybridized carbons (Fsp3) is 0.933. The monoisotopic (exact) mass is 239 g/mol. The summed E-state index contributed by atoms with van der Waals surface area (Å²) in [6.45, 7) is 3.09. The van der Waals surface area contributed by atoms with Crippen LogP contribution in [0.25, 0.3) is 0 Å². The second-order valence-corrected chi connectivity index (χ2v) is 5.45. The van der Waals surface area contributed by atoms with Gasteiger partial charge in [-0.15, -0.1) is 0 Å². The van der Waals surface area contributed by atoms with Crippen molar-refractivity contribution in [3.05, 3.63) is 0 Å². The van der Waals surface area contributed by atoms with Crippen LogP contribution in [0.3, 0.4) is 0 Å². The molecule has 1 aliphatic rings. The molecule has 0 atom stereocenters. The molecule has 0 radical (unpaired) electrons. The highest BCUT2D eigenvalue weighted by Crippen LogP contribution is 2.27. The highest BCUT2D eigenvalue weighted by molar-refractivity contribution is 5.75. The van der Waals surface area contributed by atoms with Crippen molar-refractivity contribution in [3.63, 3.8) is 0 Å². The molecule has 1 rings (SSSR count). The third-order valence-corrected chi connectivity index (χ3v) is 3.86. The highest BCUT2D eigenvalue weighted by atomic mass is 16.1. The first-order valence-electron chi connectivity index (χ1n) is 7.59. The Morgan fingerprint density at radius 1 is 1.12 bits per heavy atom. The van der Waals surface area contributed by atoms with Crippen LogP contribution in [0.2, 0.25) is 0 Å². The minimum atomic E-state index is 0.270. The van der Waals surface area contributed by atoms with Gasteiger partial charge in [0.05, 0.1) is 0 Å². The van der Waals surface area contributed by atoms with E-state index in [-0.39, 0.29) is 5.91 Å². The predicted molar refractivity (Wildman–Crippen MR) is 73.0 cm³/mol. The van der Waals surface area contributed by atoms with E-state index in [2.05, 4.69) is 12.2 Å². The predicted octanol–water partition coefficient (Wildman–Crippen LogP) is 4.04. The molecule has 1 N–H and O–H groups in total. The molecule has 0 saturated heterocycles. The molecule has 0 aromatic carbocycles. The van der Waals surface area contributed by atoms with Crippen molar-refractivity contribution in [2.45, 2.75) is 77.6 Å². The van der Waals surface area contributed by atoms with Gasteiger partial charge in [0.15, 0.2) is 0 Å². The Morgan fingerprint density at radius 2 is 1.88 bits per heavy atom. The van der Waals surface area contributed by atoms with E-state index in [1.165, 1.54) is 51.4 Å². The Balaban J connectivity index is 1.93. The largest absolute Gasteiger partial charge is 0.356 e. The van der Waals surface area contributed by atoms with Crippen molar-refractivity contribution in [3.8, 4) is 0 Å². The molecule has 0 unspecified atom stereocenters. The summed E-state index contributed by atoms with van der Waals surface area (Å²) in [7, 11) is 0. The molecular weight excluding hydrogens is 210 g/mol. The lowest BCUT2D eigenvalue weighted by Crippen LogP contribution is -2.25. The second kappa shape index (κ2) is 9.49. The van der Waals surface area contributed by atoms with Crippen LogP contribution in [-0.2, 0) is 4.79 Å². The van der Waals surface area contributed by atoms with Crippen molar-refractivity contribution in [1.82, 2.24) is 5.32 Å². The maximum atomic E-state index is 11.6. The van der Waals surface area contributed by atoms with Crippen LogP contribution in [0.1, 0.15) is 77.6 Å². The van der Waals surface area contributed by atoms with E-state index in [4.69, 9.17) is 0 Å². The van der Waals surface area contributed by atoms with Crippen LogP contribution >= 0.6 is 0 Å². The summed E-state index contributed by atoms with van der Waals surface area (Å²) >= 11 is 0. The summed E-state index contributed by atoms with van der Waals surface area (Å²) in [6, 6.07) is 0. The van der Waals surface area contributed by atoms with Gasteiger partial charge in [-0.3, -0.25) is 4.79 Å². The summed E-state index contributed by atoms with van der Waals surface area (Å²) in [5, 5.41) is 3.04. The summed E-state index contributed by atoms with van der Waals surface area (Å²) < 4.78 is 0. The van der Waals surface area contributed by atoms with Gasteiger partial charge in [-0.2, -0.15) is 0 Å². The Hall–Kier alpha value is -0.530. The number of rotatable bonds is 8. The van der Waals surface area contributed by atoms with Gasteiger partial charge in [0.1, 0.15) is 0 Å². The Labute approximate surface area is 107 Å². The van der Waals surface area contributed by atoms with Gasteiger partial charge in [-0.05, 0) is 18.8 Å². The van der Waals surface area contributed by atoms with Gasteiger partial charge >= 0.3 is 0 Å². The second-order valence-electron chi connectivity index (χ2n) is 5.45. The molecule has 1 saturated carbocycles. The van der Waals surface area contributed by atoms with E-state index < -0.39 is 0 Å². The zero-order valence-electron chi connectivity index (χ0n) is 11.5. The van der Waals surface area contributed by atoms with E-state index >= 15 is 0 Å². The number of carbonyl (C=O) groups is 1. The van der Waals surface area contributed by atoms with Gasteiger partial charge < -0.3 is 5.32 Å². The molecule has 0 aromatic heterocycles. The van der Waals surface area contributed by atoms with Gasteiger partial charge in [0, 0.05) is 13.0 Å². The van der Waals surface area contributed by atoms with Crippen LogP contribution < -0.4 is 5.32 Å². The molecule has 0 bridgehead atoms. The average molecular weight is 239 g/mol. The van der Waals surface area contributed by atoms with Gasteiger partial charge in [0.2, 0.25) is 5.91 Å². The Morgan fingerprint density at radius 3 is 2.59 bits per heavy atom. The standard InChI is InChI=1S/C15H29NO/c1-2-3-4-8-13-16-15(17)12-11-14-9-6-5-7-10-14/h14H,2-13H2,1H3,(H,16,17). The van der Waals surface area contributed by atoms with E-state index in [1.807, 2.05) is 0 Å². The first-order valence-corrected chi connectivity index (χ1v) is 7.59. The highest BCUT2D eigenvalue weighted by Gasteiger charge is 2.14. The number of unbranched alkanes of at least 4 members (excludes halogenated alkanes) is 3. The van der Waals surface area contributed by atoms with E-state index in [1.54, 1.807) is 0 Å². The van der Waals surface area contributed by atoms with E-state index in [9.17, 15) is 4.79 Å². The molecule has 17 heavy (non-hydrogen) atoms. The third kappa shape index (κ3) is 7.40. The van der Waals surface area contributed by atoms with E-state index in [0.29, 0.717) is 0 Å². The molecular formula is C15H29NO. The smallest absolute Gasteiger partial charge is 0.220 e. The fourth-order valence-corrected chi connectivity index (χ4v) is 2.68. The summed E-state index contributed by atoms with van der Waals surface area (Å²) in [5.74, 6) is 1.10. The number of amides is 1. The molecule has 0 aromatic rings. The molecule has 0 aliphatic heterocycles. The Kier molecular flexibility index (Phi) is 8.12. The van der Waals surface area contributed by atoms with Gasteiger partial charge in [0.25, 0.3) is 0 Å². The average Bonchev–Trinajstić information content (AvgIpc) is 2.37. The van der Waals surface area contributed by atoms with Crippen LogP contribution in [0.4, 0.5) is 0 Å². The molecule has 0 heterocycles. The maximum absolute atomic E-state index is 11.6. The first-order chi connectivity index (χ1) is 8.33. The van der Waals surface area contributed by atoms with E-state index in [0.717, 1.165) is 31.7 Å². The molecule has 0 spiro atoms. The normalized spacial score (nSPS) is 17.0. The molecule has 1 amide bonds. The van der Waals surface area contributed by atoms with Crippen LogP contribution in [0, 0.1) is 5.92 Å². The summed E-state index contributed by atoms with van der Waals surface area (Å²) in [6.07, 6.45) is 13.7. The maximum Gasteiger partial charge on any atom is 0.220 e. The zero-order valence-corrected chi connectivity index (χ0v) is 11.5.